The molecule has 1 aromatic rings. The molecule has 0 saturated heterocycles. The van der Waals surface area contributed by atoms with Crippen LogP contribution < -0.4 is 5.73 Å². The number of phenolic OH excluding ortho intramolecular Hbond substituents is 1. The maximum absolute atomic E-state index is 9.44. The summed E-state index contributed by atoms with van der Waals surface area (Å²) < 4.78 is 0. The highest BCUT2D eigenvalue weighted by atomic mass is 16.3. The average Bonchev–Trinajstić information content (AvgIpc) is 2.13. The van der Waals surface area contributed by atoms with Gasteiger partial charge >= 0.3 is 0 Å². The molecule has 0 radical (unpaired) electrons. The van der Waals surface area contributed by atoms with Gasteiger partial charge in [0.15, 0.2) is 0 Å². The summed E-state index contributed by atoms with van der Waals surface area (Å²) in [6.45, 7) is 1.45. The summed E-state index contributed by atoms with van der Waals surface area (Å²) in [7, 11) is 0. The molecular formula is C10H15NO3. The summed E-state index contributed by atoms with van der Waals surface area (Å²) in [6, 6.07) is 3.15. The number of anilines is 1. The molecule has 0 aromatic heterocycles. The Hall–Kier alpha value is -1.26. The van der Waals surface area contributed by atoms with Crippen molar-refractivity contribution >= 4 is 5.69 Å². The number of phenols is 1. The number of benzene rings is 1. The van der Waals surface area contributed by atoms with Gasteiger partial charge < -0.3 is 21.1 Å². The predicted molar refractivity (Wildman–Crippen MR) is 54.1 cm³/mol. The minimum Gasteiger partial charge on any atom is -0.508 e. The van der Waals surface area contributed by atoms with Gasteiger partial charge in [-0.15, -0.1) is 0 Å². The summed E-state index contributed by atoms with van der Waals surface area (Å²) in [5.41, 5.74) is 7.43. The molecule has 0 aliphatic rings. The summed E-state index contributed by atoms with van der Waals surface area (Å²) in [4.78, 5) is 0. The van der Waals surface area contributed by atoms with E-state index in [1.54, 1.807) is 13.0 Å². The molecule has 4 heteroatoms. The quantitative estimate of drug-likeness (QED) is 0.520. The topological polar surface area (TPSA) is 86.7 Å². The van der Waals surface area contributed by atoms with E-state index in [1.807, 2.05) is 0 Å². The molecule has 0 bridgehead atoms. The van der Waals surface area contributed by atoms with Crippen molar-refractivity contribution < 1.29 is 15.3 Å². The van der Waals surface area contributed by atoms with Crippen molar-refractivity contribution in [1.82, 2.24) is 0 Å². The van der Waals surface area contributed by atoms with Crippen LogP contribution in [0.25, 0.3) is 0 Å². The van der Waals surface area contributed by atoms with E-state index in [1.165, 1.54) is 6.07 Å². The largest absolute Gasteiger partial charge is 0.508 e. The lowest BCUT2D eigenvalue weighted by atomic mass is 10.0. The Balaban J connectivity index is 2.96. The molecular weight excluding hydrogens is 182 g/mol. The SMILES string of the molecule is Cc1c(O)cc(N)cc1CC(O)CO. The Morgan fingerprint density at radius 2 is 2.07 bits per heavy atom. The molecule has 4 nitrogen and oxygen atoms in total. The van der Waals surface area contributed by atoms with Crippen molar-refractivity contribution in [3.05, 3.63) is 23.3 Å². The molecule has 0 saturated carbocycles. The lowest BCUT2D eigenvalue weighted by Crippen LogP contribution is -2.15. The van der Waals surface area contributed by atoms with Crippen LogP contribution in [0.2, 0.25) is 0 Å². The molecule has 0 amide bonds. The third-order valence-corrected chi connectivity index (χ3v) is 2.18. The van der Waals surface area contributed by atoms with Crippen molar-refractivity contribution in [2.75, 3.05) is 12.3 Å². The second-order valence-electron chi connectivity index (χ2n) is 3.36. The molecule has 0 spiro atoms. The van der Waals surface area contributed by atoms with Crippen LogP contribution in [-0.2, 0) is 6.42 Å². The fourth-order valence-electron chi connectivity index (χ4n) is 1.31. The maximum atomic E-state index is 9.44. The first kappa shape index (κ1) is 10.8. The molecule has 0 aliphatic carbocycles. The first-order chi connectivity index (χ1) is 6.54. The molecule has 78 valence electrons. The highest BCUT2D eigenvalue weighted by molar-refractivity contribution is 5.52. The summed E-state index contributed by atoms with van der Waals surface area (Å²) in [5, 5.41) is 27.4. The Bertz CT molecular complexity index is 325. The van der Waals surface area contributed by atoms with E-state index in [0.29, 0.717) is 17.7 Å². The second-order valence-corrected chi connectivity index (χ2v) is 3.36. The lowest BCUT2D eigenvalue weighted by molar-refractivity contribution is 0.0953. The Morgan fingerprint density at radius 3 is 2.64 bits per heavy atom. The number of rotatable bonds is 3. The van der Waals surface area contributed by atoms with Gasteiger partial charge in [-0.1, -0.05) is 0 Å². The van der Waals surface area contributed by atoms with Gasteiger partial charge in [0, 0.05) is 18.2 Å². The zero-order valence-electron chi connectivity index (χ0n) is 8.07. The number of aliphatic hydroxyl groups excluding tert-OH is 2. The molecule has 1 rings (SSSR count). The van der Waals surface area contributed by atoms with E-state index in [4.69, 9.17) is 10.8 Å². The van der Waals surface area contributed by atoms with Crippen LogP contribution in [0, 0.1) is 6.92 Å². The van der Waals surface area contributed by atoms with Crippen molar-refractivity contribution in [1.29, 1.82) is 0 Å². The highest BCUT2D eigenvalue weighted by Gasteiger charge is 2.09. The zero-order valence-corrected chi connectivity index (χ0v) is 8.07. The minimum atomic E-state index is -0.810. The van der Waals surface area contributed by atoms with Crippen LogP contribution in [-0.4, -0.2) is 28.0 Å². The number of hydrogen-bond donors (Lipinski definition) is 4. The van der Waals surface area contributed by atoms with E-state index >= 15 is 0 Å². The van der Waals surface area contributed by atoms with E-state index in [0.717, 1.165) is 5.56 Å². The molecule has 1 aromatic carbocycles. The van der Waals surface area contributed by atoms with Gasteiger partial charge in [0.05, 0.1) is 12.7 Å². The predicted octanol–water partition coefficient (Wildman–Crippen LogP) is 0.179. The summed E-state index contributed by atoms with van der Waals surface area (Å²) in [5.74, 6) is 0.116. The fraction of sp³-hybridized carbons (Fsp3) is 0.400. The molecule has 0 aliphatic heterocycles. The van der Waals surface area contributed by atoms with Crippen LogP contribution in [0.15, 0.2) is 12.1 Å². The number of aromatic hydroxyl groups is 1. The van der Waals surface area contributed by atoms with E-state index in [2.05, 4.69) is 0 Å². The Kier molecular flexibility index (Phi) is 3.33. The smallest absolute Gasteiger partial charge is 0.120 e. The third-order valence-electron chi connectivity index (χ3n) is 2.18. The lowest BCUT2D eigenvalue weighted by Gasteiger charge is -2.11. The molecule has 1 atom stereocenters. The van der Waals surface area contributed by atoms with E-state index in [-0.39, 0.29) is 12.4 Å². The van der Waals surface area contributed by atoms with Crippen LogP contribution in [0.4, 0.5) is 5.69 Å². The van der Waals surface area contributed by atoms with Gasteiger partial charge in [-0.05, 0) is 24.1 Å². The third kappa shape index (κ3) is 2.37. The van der Waals surface area contributed by atoms with Gasteiger partial charge in [0.2, 0.25) is 0 Å². The van der Waals surface area contributed by atoms with Crippen LogP contribution in [0.3, 0.4) is 0 Å². The van der Waals surface area contributed by atoms with Crippen LogP contribution >= 0.6 is 0 Å². The number of nitrogen functional groups attached to an aromatic ring is 1. The monoisotopic (exact) mass is 197 g/mol. The van der Waals surface area contributed by atoms with Gasteiger partial charge in [-0.3, -0.25) is 0 Å². The van der Waals surface area contributed by atoms with Gasteiger partial charge in [0.1, 0.15) is 5.75 Å². The fourth-order valence-corrected chi connectivity index (χ4v) is 1.31. The molecule has 0 fully saturated rings. The Labute approximate surface area is 82.6 Å². The summed E-state index contributed by atoms with van der Waals surface area (Å²) >= 11 is 0. The number of nitrogens with two attached hydrogens (primary N) is 1. The van der Waals surface area contributed by atoms with Crippen LogP contribution in [0.5, 0.6) is 5.75 Å². The average molecular weight is 197 g/mol. The molecule has 5 N–H and O–H groups in total. The maximum Gasteiger partial charge on any atom is 0.120 e. The zero-order chi connectivity index (χ0) is 10.7. The van der Waals surface area contributed by atoms with Crippen molar-refractivity contribution in [2.24, 2.45) is 0 Å². The second kappa shape index (κ2) is 4.30. The van der Waals surface area contributed by atoms with E-state index in [9.17, 15) is 10.2 Å². The molecule has 0 heterocycles. The van der Waals surface area contributed by atoms with Gasteiger partial charge in [-0.25, -0.2) is 0 Å². The molecule has 1 unspecified atom stereocenters. The van der Waals surface area contributed by atoms with Gasteiger partial charge in [-0.2, -0.15) is 0 Å². The van der Waals surface area contributed by atoms with Crippen LogP contribution in [0.1, 0.15) is 11.1 Å². The summed E-state index contributed by atoms with van der Waals surface area (Å²) in [6.07, 6.45) is -0.518. The van der Waals surface area contributed by atoms with Crippen molar-refractivity contribution in [3.63, 3.8) is 0 Å². The Morgan fingerprint density at radius 1 is 1.43 bits per heavy atom. The standard InChI is InChI=1S/C10H15NO3/c1-6-7(3-9(13)5-12)2-8(11)4-10(6)14/h2,4,9,12-14H,3,5,11H2,1H3. The van der Waals surface area contributed by atoms with Crippen molar-refractivity contribution in [3.8, 4) is 5.75 Å². The highest BCUT2D eigenvalue weighted by Crippen LogP contribution is 2.24. The van der Waals surface area contributed by atoms with Crippen molar-refractivity contribution in [2.45, 2.75) is 19.4 Å². The normalized spacial score (nSPS) is 12.8. The first-order valence-corrected chi connectivity index (χ1v) is 4.41. The van der Waals surface area contributed by atoms with E-state index < -0.39 is 6.10 Å². The number of aliphatic hydroxyl groups is 2. The number of hydrogen-bond acceptors (Lipinski definition) is 4. The first-order valence-electron chi connectivity index (χ1n) is 4.41. The minimum absolute atomic E-state index is 0.116. The van der Waals surface area contributed by atoms with Gasteiger partial charge in [0.25, 0.3) is 0 Å². The molecule has 14 heavy (non-hydrogen) atoms.